The monoisotopic (exact) mass is 308 g/mol. The van der Waals surface area contributed by atoms with Crippen LogP contribution in [0.4, 0.5) is 4.79 Å². The zero-order valence-corrected chi connectivity index (χ0v) is 13.5. The van der Waals surface area contributed by atoms with Gasteiger partial charge in [-0.1, -0.05) is 45.0 Å². The van der Waals surface area contributed by atoms with Gasteiger partial charge in [0, 0.05) is 6.42 Å². The molecule has 0 bridgehead atoms. The summed E-state index contributed by atoms with van der Waals surface area (Å²) in [6, 6.07) is 7.82. The number of hydrogen-bond donors (Lipinski definition) is 1. The first-order valence-corrected chi connectivity index (χ1v) is 7.52. The molecule has 0 aromatic heterocycles. The van der Waals surface area contributed by atoms with Crippen LogP contribution in [0.15, 0.2) is 24.3 Å². The topological polar surface area (TPSA) is 72.8 Å². The summed E-state index contributed by atoms with van der Waals surface area (Å²) in [6.07, 6.45) is -1.25. The van der Waals surface area contributed by atoms with Crippen LogP contribution in [0.5, 0.6) is 0 Å². The maximum atomic E-state index is 12.1. The van der Waals surface area contributed by atoms with Crippen molar-refractivity contribution in [2.45, 2.75) is 52.7 Å². The van der Waals surface area contributed by atoms with E-state index in [4.69, 9.17) is 9.84 Å². The normalized spacial score (nSPS) is 13.5. The highest BCUT2D eigenvalue weighted by Gasteiger charge is 2.22. The lowest BCUT2D eigenvalue weighted by atomic mass is 9.97. The standard InChI is InChI=1S/C17H24O5/c1-5-15(22-17(19)20)21-16(18)12(4)14-8-6-13(7-9-14)10-11(2)3/h6-9,11-12,15H,5,10H2,1-4H3,(H,19,20). The van der Waals surface area contributed by atoms with Crippen molar-refractivity contribution in [2.75, 3.05) is 0 Å². The highest BCUT2D eigenvalue weighted by molar-refractivity contribution is 5.77. The first-order valence-electron chi connectivity index (χ1n) is 7.52. The average molecular weight is 308 g/mol. The number of ether oxygens (including phenoxy) is 2. The lowest BCUT2D eigenvalue weighted by Crippen LogP contribution is -2.25. The summed E-state index contributed by atoms with van der Waals surface area (Å²) in [4.78, 5) is 22.6. The molecule has 0 aliphatic heterocycles. The predicted molar refractivity (Wildman–Crippen MR) is 82.7 cm³/mol. The van der Waals surface area contributed by atoms with Gasteiger partial charge in [-0.05, 0) is 30.4 Å². The van der Waals surface area contributed by atoms with Crippen LogP contribution >= 0.6 is 0 Å². The molecule has 2 atom stereocenters. The Kier molecular flexibility index (Phi) is 6.89. The van der Waals surface area contributed by atoms with Crippen molar-refractivity contribution in [1.82, 2.24) is 0 Å². The number of esters is 1. The molecule has 0 radical (unpaired) electrons. The average Bonchev–Trinajstić information content (AvgIpc) is 2.45. The number of carbonyl (C=O) groups excluding carboxylic acids is 1. The second-order valence-electron chi connectivity index (χ2n) is 5.72. The van der Waals surface area contributed by atoms with E-state index in [1.165, 1.54) is 5.56 Å². The molecule has 0 aliphatic rings. The zero-order chi connectivity index (χ0) is 16.7. The van der Waals surface area contributed by atoms with Gasteiger partial charge in [0.25, 0.3) is 6.29 Å². The van der Waals surface area contributed by atoms with E-state index in [9.17, 15) is 9.59 Å². The summed E-state index contributed by atoms with van der Waals surface area (Å²) < 4.78 is 9.57. The molecule has 1 aromatic carbocycles. The minimum Gasteiger partial charge on any atom is -0.450 e. The van der Waals surface area contributed by atoms with Crippen molar-refractivity contribution in [1.29, 1.82) is 0 Å². The van der Waals surface area contributed by atoms with E-state index in [0.29, 0.717) is 5.92 Å². The van der Waals surface area contributed by atoms with E-state index >= 15 is 0 Å². The molecular formula is C17H24O5. The van der Waals surface area contributed by atoms with Gasteiger partial charge in [-0.15, -0.1) is 0 Å². The zero-order valence-electron chi connectivity index (χ0n) is 13.5. The van der Waals surface area contributed by atoms with Crippen LogP contribution in [0.3, 0.4) is 0 Å². The van der Waals surface area contributed by atoms with E-state index in [2.05, 4.69) is 18.6 Å². The molecular weight excluding hydrogens is 284 g/mol. The molecule has 0 spiro atoms. The first-order chi connectivity index (χ1) is 10.3. The van der Waals surface area contributed by atoms with Crippen LogP contribution in [-0.2, 0) is 20.7 Å². The molecule has 1 N–H and O–H groups in total. The van der Waals surface area contributed by atoms with E-state index in [0.717, 1.165) is 12.0 Å². The van der Waals surface area contributed by atoms with Crippen LogP contribution in [0, 0.1) is 5.92 Å². The highest BCUT2D eigenvalue weighted by Crippen LogP contribution is 2.20. The summed E-state index contributed by atoms with van der Waals surface area (Å²) in [5, 5.41) is 8.57. The minimum absolute atomic E-state index is 0.276. The van der Waals surface area contributed by atoms with Crippen LogP contribution in [0.2, 0.25) is 0 Å². The number of rotatable bonds is 7. The van der Waals surface area contributed by atoms with Crippen molar-refractivity contribution in [3.05, 3.63) is 35.4 Å². The van der Waals surface area contributed by atoms with Gasteiger partial charge in [0.2, 0.25) is 0 Å². The summed E-state index contributed by atoms with van der Waals surface area (Å²) in [5.74, 6) is -0.393. The van der Waals surface area contributed by atoms with Crippen molar-refractivity contribution >= 4 is 12.1 Å². The molecule has 0 aliphatic carbocycles. The third kappa shape index (κ3) is 5.76. The Morgan fingerprint density at radius 1 is 1.09 bits per heavy atom. The molecule has 1 aromatic rings. The van der Waals surface area contributed by atoms with Crippen molar-refractivity contribution in [3.63, 3.8) is 0 Å². The maximum absolute atomic E-state index is 12.1. The van der Waals surface area contributed by atoms with E-state index in [1.807, 2.05) is 24.3 Å². The quantitative estimate of drug-likeness (QED) is 0.609. The Morgan fingerprint density at radius 2 is 1.68 bits per heavy atom. The van der Waals surface area contributed by atoms with Crippen LogP contribution in [0.25, 0.3) is 0 Å². The summed E-state index contributed by atoms with van der Waals surface area (Å²) in [7, 11) is 0. The lowest BCUT2D eigenvalue weighted by molar-refractivity contribution is -0.171. The molecule has 5 nitrogen and oxygen atoms in total. The van der Waals surface area contributed by atoms with Crippen LogP contribution < -0.4 is 0 Å². The number of hydrogen-bond acceptors (Lipinski definition) is 4. The molecule has 2 unspecified atom stereocenters. The number of carboxylic acid groups (broad SMARTS) is 1. The Bertz CT molecular complexity index is 492. The third-order valence-electron chi connectivity index (χ3n) is 3.29. The van der Waals surface area contributed by atoms with E-state index < -0.39 is 24.3 Å². The Morgan fingerprint density at radius 3 is 2.14 bits per heavy atom. The van der Waals surface area contributed by atoms with Gasteiger partial charge in [-0.2, -0.15) is 0 Å². The smallest absolute Gasteiger partial charge is 0.450 e. The van der Waals surface area contributed by atoms with Gasteiger partial charge in [0.1, 0.15) is 0 Å². The molecule has 0 fully saturated rings. The molecule has 0 amide bonds. The molecule has 22 heavy (non-hydrogen) atoms. The fourth-order valence-electron chi connectivity index (χ4n) is 2.08. The van der Waals surface area contributed by atoms with Gasteiger partial charge in [-0.3, -0.25) is 4.79 Å². The lowest BCUT2D eigenvalue weighted by Gasteiger charge is -2.18. The second kappa shape index (κ2) is 8.41. The third-order valence-corrected chi connectivity index (χ3v) is 3.29. The van der Waals surface area contributed by atoms with Gasteiger partial charge < -0.3 is 14.6 Å². The highest BCUT2D eigenvalue weighted by atomic mass is 16.8. The minimum atomic E-state index is -1.45. The summed E-state index contributed by atoms with van der Waals surface area (Å²) in [5.41, 5.74) is 2.06. The largest absolute Gasteiger partial charge is 0.508 e. The first kappa shape index (κ1) is 18.0. The Hall–Kier alpha value is -2.04. The van der Waals surface area contributed by atoms with Crippen LogP contribution in [-0.4, -0.2) is 23.5 Å². The van der Waals surface area contributed by atoms with Gasteiger partial charge in [-0.25, -0.2) is 4.79 Å². The Labute approximate surface area is 131 Å². The summed E-state index contributed by atoms with van der Waals surface area (Å²) >= 11 is 0. The van der Waals surface area contributed by atoms with Crippen molar-refractivity contribution in [3.8, 4) is 0 Å². The fraction of sp³-hybridized carbons (Fsp3) is 0.529. The maximum Gasteiger partial charge on any atom is 0.508 e. The predicted octanol–water partition coefficient (Wildman–Crippen LogP) is 3.96. The van der Waals surface area contributed by atoms with Gasteiger partial charge in [0.05, 0.1) is 5.92 Å². The van der Waals surface area contributed by atoms with E-state index in [1.54, 1.807) is 13.8 Å². The van der Waals surface area contributed by atoms with Crippen molar-refractivity contribution in [2.24, 2.45) is 5.92 Å². The van der Waals surface area contributed by atoms with Gasteiger partial charge >= 0.3 is 12.1 Å². The van der Waals surface area contributed by atoms with Crippen molar-refractivity contribution < 1.29 is 24.2 Å². The van der Waals surface area contributed by atoms with Gasteiger partial charge in [0.15, 0.2) is 0 Å². The molecule has 0 saturated carbocycles. The second-order valence-corrected chi connectivity index (χ2v) is 5.72. The molecule has 122 valence electrons. The Balaban J connectivity index is 2.67. The van der Waals surface area contributed by atoms with Crippen LogP contribution in [0.1, 0.15) is 51.2 Å². The number of benzene rings is 1. The molecule has 0 heterocycles. The fourth-order valence-corrected chi connectivity index (χ4v) is 2.08. The molecule has 1 rings (SSSR count). The number of carbonyl (C=O) groups is 2. The molecule has 0 saturated heterocycles. The molecule has 5 heteroatoms. The summed E-state index contributed by atoms with van der Waals surface area (Å²) in [6.45, 7) is 7.72. The SMILES string of the molecule is CCC(OC(=O)O)OC(=O)C(C)c1ccc(CC(C)C)cc1. The van der Waals surface area contributed by atoms with E-state index in [-0.39, 0.29) is 6.42 Å².